The van der Waals surface area contributed by atoms with E-state index in [1.54, 1.807) is 36.4 Å². The van der Waals surface area contributed by atoms with Crippen molar-refractivity contribution in [1.29, 1.82) is 0 Å². The molecule has 0 spiro atoms. The molecule has 7 nitrogen and oxygen atoms in total. The van der Waals surface area contributed by atoms with Crippen molar-refractivity contribution in [2.75, 3.05) is 7.11 Å². The van der Waals surface area contributed by atoms with Gasteiger partial charge in [0.25, 0.3) is 0 Å². The predicted octanol–water partition coefficient (Wildman–Crippen LogP) is 3.25. The fourth-order valence-electron chi connectivity index (χ4n) is 2.43. The number of thioether (sulfide) groups is 1. The smallest absolute Gasteiger partial charge is 0.240 e. The molecular weight excluding hydrogens is 402 g/mol. The van der Waals surface area contributed by atoms with Crippen molar-refractivity contribution in [3.63, 3.8) is 0 Å². The number of ketones is 1. The number of halogens is 1. The zero-order chi connectivity index (χ0) is 20.1. The molecule has 1 unspecified atom stereocenters. The molecule has 1 atom stereocenters. The Labute approximate surface area is 170 Å². The minimum atomic E-state index is -0.564. The summed E-state index contributed by atoms with van der Waals surface area (Å²) in [7, 11) is 1.45. The van der Waals surface area contributed by atoms with Crippen LogP contribution in [0.4, 0.5) is 0 Å². The molecule has 2 aromatic rings. The number of aromatic hydroxyl groups is 1. The SMILES string of the molecule is COc1cc(/C=N/N=C2\NC(=O)C(CC(=O)c3ccc(Cl)cc3)S2)ccc1O. The van der Waals surface area contributed by atoms with Crippen LogP contribution in [0.25, 0.3) is 0 Å². The van der Waals surface area contributed by atoms with E-state index in [-0.39, 0.29) is 23.9 Å². The van der Waals surface area contributed by atoms with Gasteiger partial charge in [0.05, 0.1) is 18.6 Å². The number of Topliss-reactive ketones (excluding diaryl/α,β-unsaturated/α-hetero) is 1. The molecule has 1 aliphatic heterocycles. The first-order valence-corrected chi connectivity index (χ1v) is 9.46. The Kier molecular flexibility index (Phi) is 6.33. The number of carbonyl (C=O) groups excluding carboxylic acids is 2. The molecule has 0 aromatic heterocycles. The number of rotatable bonds is 6. The number of carbonyl (C=O) groups is 2. The summed E-state index contributed by atoms with van der Waals surface area (Å²) in [4.78, 5) is 24.4. The average molecular weight is 418 g/mol. The number of ether oxygens (including phenoxy) is 1. The third-order valence-electron chi connectivity index (χ3n) is 3.87. The number of benzene rings is 2. The summed E-state index contributed by atoms with van der Waals surface area (Å²) in [6.45, 7) is 0. The molecule has 1 aliphatic rings. The Balaban J connectivity index is 1.62. The molecule has 2 aromatic carbocycles. The van der Waals surface area contributed by atoms with Crippen LogP contribution in [0.5, 0.6) is 11.5 Å². The number of phenolic OH excluding ortho intramolecular Hbond substituents is 1. The predicted molar refractivity (Wildman–Crippen MR) is 110 cm³/mol. The lowest BCUT2D eigenvalue weighted by molar-refractivity contribution is -0.118. The van der Waals surface area contributed by atoms with E-state index >= 15 is 0 Å². The standard InChI is InChI=1S/C19H16ClN3O4S/c1-27-16-8-11(2-7-14(16)24)10-21-23-19-22-18(26)17(28-19)9-15(25)12-3-5-13(20)6-4-12/h2-8,10,17,24H,9H2,1H3,(H,22,23,26)/b21-10+. The Morgan fingerprint density at radius 3 is 2.79 bits per heavy atom. The van der Waals surface area contributed by atoms with Gasteiger partial charge in [0, 0.05) is 17.0 Å². The van der Waals surface area contributed by atoms with Gasteiger partial charge in [-0.2, -0.15) is 5.10 Å². The number of hydrogen-bond donors (Lipinski definition) is 2. The van der Waals surface area contributed by atoms with Gasteiger partial charge >= 0.3 is 0 Å². The van der Waals surface area contributed by atoms with Crippen molar-refractivity contribution in [3.8, 4) is 11.5 Å². The van der Waals surface area contributed by atoms with Crippen molar-refractivity contribution in [1.82, 2.24) is 5.32 Å². The number of hydrogen-bond acceptors (Lipinski definition) is 7. The van der Waals surface area contributed by atoms with E-state index in [2.05, 4.69) is 15.5 Å². The minimum absolute atomic E-state index is 0.0257. The van der Waals surface area contributed by atoms with E-state index in [1.807, 2.05) is 0 Å². The third kappa shape index (κ3) is 4.90. The van der Waals surface area contributed by atoms with Crippen LogP contribution in [-0.2, 0) is 4.79 Å². The molecule has 144 valence electrons. The lowest BCUT2D eigenvalue weighted by Gasteiger charge is -2.04. The number of phenols is 1. The summed E-state index contributed by atoms with van der Waals surface area (Å²) in [5.41, 5.74) is 1.17. The van der Waals surface area contributed by atoms with Gasteiger partial charge in [-0.3, -0.25) is 9.59 Å². The Hall–Kier alpha value is -2.84. The monoisotopic (exact) mass is 417 g/mol. The number of amidine groups is 1. The third-order valence-corrected chi connectivity index (χ3v) is 5.20. The lowest BCUT2D eigenvalue weighted by atomic mass is 10.1. The van der Waals surface area contributed by atoms with Crippen LogP contribution in [0.2, 0.25) is 5.02 Å². The van der Waals surface area contributed by atoms with Crippen LogP contribution in [0.15, 0.2) is 52.7 Å². The average Bonchev–Trinajstić information content (AvgIpc) is 3.02. The summed E-state index contributed by atoms with van der Waals surface area (Å²) in [6, 6.07) is 11.3. The van der Waals surface area contributed by atoms with E-state index < -0.39 is 5.25 Å². The summed E-state index contributed by atoms with van der Waals surface area (Å²) in [6.07, 6.45) is 1.52. The summed E-state index contributed by atoms with van der Waals surface area (Å²) in [5, 5.41) is 20.4. The van der Waals surface area contributed by atoms with E-state index in [9.17, 15) is 14.7 Å². The zero-order valence-corrected chi connectivity index (χ0v) is 16.3. The van der Waals surface area contributed by atoms with Gasteiger partial charge in [0.2, 0.25) is 5.91 Å². The normalized spacial score (nSPS) is 17.9. The maximum Gasteiger partial charge on any atom is 0.240 e. The highest BCUT2D eigenvalue weighted by atomic mass is 35.5. The van der Waals surface area contributed by atoms with E-state index in [0.717, 1.165) is 11.8 Å². The molecule has 0 saturated carbocycles. The molecule has 9 heteroatoms. The molecule has 1 amide bonds. The second-order valence-electron chi connectivity index (χ2n) is 5.81. The number of amides is 1. The van der Waals surface area contributed by atoms with Gasteiger partial charge in [-0.15, -0.1) is 5.10 Å². The van der Waals surface area contributed by atoms with Gasteiger partial charge < -0.3 is 15.2 Å². The summed E-state index contributed by atoms with van der Waals surface area (Å²) < 4.78 is 5.03. The fraction of sp³-hybridized carbons (Fsp3) is 0.158. The molecule has 1 saturated heterocycles. The molecule has 0 radical (unpaired) electrons. The molecule has 1 heterocycles. The molecule has 0 aliphatic carbocycles. The van der Waals surface area contributed by atoms with Crippen molar-refractivity contribution < 1.29 is 19.4 Å². The number of nitrogens with zero attached hydrogens (tertiary/aromatic N) is 2. The van der Waals surface area contributed by atoms with Crippen molar-refractivity contribution in [2.24, 2.45) is 10.2 Å². The van der Waals surface area contributed by atoms with Crippen LogP contribution in [0.1, 0.15) is 22.3 Å². The highest BCUT2D eigenvalue weighted by Gasteiger charge is 2.32. The van der Waals surface area contributed by atoms with Gasteiger partial charge in [0.1, 0.15) is 0 Å². The van der Waals surface area contributed by atoms with Crippen LogP contribution in [0, 0.1) is 0 Å². The molecule has 2 N–H and O–H groups in total. The van der Waals surface area contributed by atoms with Gasteiger partial charge in [-0.25, -0.2) is 0 Å². The minimum Gasteiger partial charge on any atom is -0.504 e. The lowest BCUT2D eigenvalue weighted by Crippen LogP contribution is -2.26. The first-order valence-electron chi connectivity index (χ1n) is 8.20. The van der Waals surface area contributed by atoms with E-state index in [1.165, 1.54) is 19.4 Å². The first-order chi connectivity index (χ1) is 13.5. The largest absolute Gasteiger partial charge is 0.504 e. The van der Waals surface area contributed by atoms with E-state index in [0.29, 0.717) is 27.1 Å². The van der Waals surface area contributed by atoms with Crippen LogP contribution in [-0.4, -0.2) is 40.5 Å². The molecule has 1 fully saturated rings. The summed E-state index contributed by atoms with van der Waals surface area (Å²) in [5.74, 6) is -0.0866. The highest BCUT2D eigenvalue weighted by Crippen LogP contribution is 2.26. The molecule has 3 rings (SSSR count). The van der Waals surface area contributed by atoms with E-state index in [4.69, 9.17) is 16.3 Å². The van der Waals surface area contributed by atoms with Crippen LogP contribution >= 0.6 is 23.4 Å². The second kappa shape index (κ2) is 8.90. The molecular formula is C19H16ClN3O4S. The van der Waals surface area contributed by atoms with Gasteiger partial charge in [-0.05, 0) is 48.0 Å². The summed E-state index contributed by atoms with van der Waals surface area (Å²) >= 11 is 6.97. The maximum atomic E-state index is 12.3. The maximum absolute atomic E-state index is 12.3. The highest BCUT2D eigenvalue weighted by molar-refractivity contribution is 8.15. The van der Waals surface area contributed by atoms with Crippen LogP contribution < -0.4 is 10.1 Å². The van der Waals surface area contributed by atoms with Crippen molar-refractivity contribution in [2.45, 2.75) is 11.7 Å². The fourth-order valence-corrected chi connectivity index (χ4v) is 3.48. The van der Waals surface area contributed by atoms with Crippen molar-refractivity contribution >= 4 is 46.4 Å². The van der Waals surface area contributed by atoms with Crippen LogP contribution in [0.3, 0.4) is 0 Å². The zero-order valence-electron chi connectivity index (χ0n) is 14.8. The van der Waals surface area contributed by atoms with Gasteiger partial charge in [-0.1, -0.05) is 23.4 Å². The van der Waals surface area contributed by atoms with Gasteiger partial charge in [0.15, 0.2) is 22.4 Å². The first kappa shape index (κ1) is 19.9. The topological polar surface area (TPSA) is 100 Å². The Morgan fingerprint density at radius 1 is 1.32 bits per heavy atom. The second-order valence-corrected chi connectivity index (χ2v) is 7.44. The quantitative estimate of drug-likeness (QED) is 0.427. The number of methoxy groups -OCH3 is 1. The molecule has 28 heavy (non-hydrogen) atoms. The number of nitrogens with one attached hydrogen (secondary N) is 1. The molecule has 0 bridgehead atoms. The van der Waals surface area contributed by atoms with Crippen molar-refractivity contribution in [3.05, 3.63) is 58.6 Å². The Bertz CT molecular complexity index is 960. The Morgan fingerprint density at radius 2 is 2.07 bits per heavy atom.